The van der Waals surface area contributed by atoms with E-state index in [2.05, 4.69) is 11.1 Å². The number of anilines is 1. The molecule has 0 bridgehead atoms. The first-order valence-corrected chi connectivity index (χ1v) is 14.7. The third kappa shape index (κ3) is 7.16. The number of aromatic nitrogens is 2. The maximum atomic E-state index is 14.7. The predicted molar refractivity (Wildman–Crippen MR) is 175 cm³/mol. The monoisotopic (exact) mass is 631 g/mol. The number of rotatable bonds is 10. The molecule has 1 aliphatic rings. The number of carbonyl (C=O) groups is 2. The van der Waals surface area contributed by atoms with Crippen LogP contribution in [0.3, 0.4) is 0 Å². The fraction of sp³-hybridized carbons (Fsp3) is 0.273. The first-order chi connectivity index (χ1) is 22.0. The molecule has 8 N–H and O–H groups in total. The van der Waals surface area contributed by atoms with E-state index in [1.54, 1.807) is 23.8 Å². The van der Waals surface area contributed by atoms with Gasteiger partial charge in [0.1, 0.15) is 18.7 Å². The minimum atomic E-state index is -1.45. The maximum Gasteiger partial charge on any atom is 0.506 e. The number of nitrogens with two attached hydrogens (primary N) is 3. The van der Waals surface area contributed by atoms with Crippen LogP contribution in [0.5, 0.6) is 0 Å². The van der Waals surface area contributed by atoms with Crippen LogP contribution in [0.25, 0.3) is 28.0 Å². The van der Waals surface area contributed by atoms with Gasteiger partial charge < -0.3 is 41.0 Å². The Morgan fingerprint density at radius 3 is 2.52 bits per heavy atom. The first-order valence-electron chi connectivity index (χ1n) is 14.7. The number of hydrogen-bond acceptors (Lipinski definition) is 10. The number of carboxylic acid groups (broad SMARTS) is 1. The average Bonchev–Trinajstić information content (AvgIpc) is 3.40. The topological polar surface area (TPSA) is 192 Å². The Morgan fingerprint density at radius 1 is 1.22 bits per heavy atom. The van der Waals surface area contributed by atoms with Crippen molar-refractivity contribution < 1.29 is 23.8 Å². The molecule has 46 heavy (non-hydrogen) atoms. The van der Waals surface area contributed by atoms with E-state index in [0.717, 1.165) is 34.2 Å². The molecule has 0 spiro atoms. The lowest BCUT2D eigenvalue weighted by molar-refractivity contribution is -0.106. The van der Waals surface area contributed by atoms with E-state index in [1.165, 1.54) is 11.1 Å². The van der Waals surface area contributed by atoms with Gasteiger partial charge in [0, 0.05) is 42.5 Å². The van der Waals surface area contributed by atoms with E-state index < -0.39 is 6.16 Å². The molecule has 0 aliphatic carbocycles. The molecular formula is C33H38FN7O5. The maximum absolute atomic E-state index is 14.7. The lowest BCUT2D eigenvalue weighted by Gasteiger charge is -2.19. The standard InChI is InChI=1S/C31H33FN6O4.C2H5NO/c1-4-5-19-11-28-29-23(14-38(28)30(39)24(19)16-42-31(40)41)22(21-10-17(2)25(32)12-27(21)36-29)13-37(34)15-26(33)18-6-8-20(35-3)9-7-18;3-1-2-4/h6-12,15,35H,4-5,13-14,16,33-34H2,1-3H3,(H,40,41);2H,1,3H2/b26-15-;. The number of hydrogen-bond donors (Lipinski definition) is 5. The number of aldehydes is 1. The normalized spacial score (nSPS) is 11.7. The van der Waals surface area contributed by atoms with Crippen molar-refractivity contribution in [1.29, 1.82) is 0 Å². The molecule has 4 aromatic rings. The van der Waals surface area contributed by atoms with Crippen LogP contribution in [0.1, 0.15) is 46.7 Å². The zero-order chi connectivity index (χ0) is 33.5. The summed E-state index contributed by atoms with van der Waals surface area (Å²) in [4.78, 5) is 38.6. The SMILES string of the molecule is CCCc1cc2n(c(=O)c1COC(=O)O)Cc1c-2nc2cc(F)c(C)cc2c1CN(N)/C=C(\N)c1ccc(NC)cc1.NCC=O. The third-order valence-electron chi connectivity index (χ3n) is 7.64. The molecule has 1 aliphatic heterocycles. The minimum Gasteiger partial charge on any atom is -0.450 e. The van der Waals surface area contributed by atoms with E-state index in [-0.39, 0.29) is 37.6 Å². The van der Waals surface area contributed by atoms with Gasteiger partial charge in [0.05, 0.1) is 41.3 Å². The minimum absolute atomic E-state index is 0.139. The lowest BCUT2D eigenvalue weighted by Crippen LogP contribution is -2.27. The number of nitrogens with one attached hydrogen (secondary N) is 1. The fourth-order valence-electron chi connectivity index (χ4n) is 5.40. The Kier molecular flexibility index (Phi) is 10.7. The van der Waals surface area contributed by atoms with Crippen molar-refractivity contribution in [3.05, 3.63) is 98.2 Å². The van der Waals surface area contributed by atoms with Gasteiger partial charge in [0.25, 0.3) is 5.56 Å². The Hall–Kier alpha value is -5.27. The number of benzene rings is 2. The van der Waals surface area contributed by atoms with Crippen LogP contribution in [0.4, 0.5) is 14.9 Å². The number of aryl methyl sites for hydroxylation is 2. The van der Waals surface area contributed by atoms with E-state index >= 15 is 0 Å². The number of halogens is 1. The highest BCUT2D eigenvalue weighted by Gasteiger charge is 2.29. The molecule has 0 fully saturated rings. The largest absolute Gasteiger partial charge is 0.506 e. The molecule has 0 amide bonds. The molecule has 0 saturated carbocycles. The van der Waals surface area contributed by atoms with Gasteiger partial charge in [0.2, 0.25) is 0 Å². The van der Waals surface area contributed by atoms with Crippen molar-refractivity contribution in [2.24, 2.45) is 17.3 Å². The van der Waals surface area contributed by atoms with Crippen LogP contribution in [0, 0.1) is 12.7 Å². The number of ether oxygens (including phenoxy) is 1. The smallest absolute Gasteiger partial charge is 0.450 e. The number of hydrazine groups is 1. The fourth-order valence-corrected chi connectivity index (χ4v) is 5.40. The highest BCUT2D eigenvalue weighted by molar-refractivity contribution is 5.88. The molecular weight excluding hydrogens is 593 g/mol. The summed E-state index contributed by atoms with van der Waals surface area (Å²) in [6.07, 6.45) is 2.13. The van der Waals surface area contributed by atoms with Gasteiger partial charge in [-0.05, 0) is 59.9 Å². The van der Waals surface area contributed by atoms with Crippen molar-refractivity contribution in [3.8, 4) is 11.4 Å². The van der Waals surface area contributed by atoms with Crippen LogP contribution in [0.15, 0.2) is 53.5 Å². The van der Waals surface area contributed by atoms with Crippen LogP contribution < -0.4 is 28.2 Å². The summed E-state index contributed by atoms with van der Waals surface area (Å²) in [5.74, 6) is 6.09. The summed E-state index contributed by atoms with van der Waals surface area (Å²) in [6, 6.07) is 12.6. The van der Waals surface area contributed by atoms with Crippen LogP contribution >= 0.6 is 0 Å². The average molecular weight is 632 g/mol. The third-order valence-corrected chi connectivity index (χ3v) is 7.64. The van der Waals surface area contributed by atoms with Crippen molar-refractivity contribution in [2.45, 2.75) is 46.4 Å². The van der Waals surface area contributed by atoms with E-state index in [9.17, 15) is 14.0 Å². The van der Waals surface area contributed by atoms with E-state index in [1.807, 2.05) is 44.3 Å². The van der Waals surface area contributed by atoms with E-state index in [0.29, 0.717) is 52.0 Å². The predicted octanol–water partition coefficient (Wildman–Crippen LogP) is 3.84. The van der Waals surface area contributed by atoms with Crippen LogP contribution in [-0.2, 0) is 35.6 Å². The molecule has 13 heteroatoms. The zero-order valence-corrected chi connectivity index (χ0v) is 26.0. The molecule has 0 unspecified atom stereocenters. The Balaban J connectivity index is 0.00000113. The summed E-state index contributed by atoms with van der Waals surface area (Å²) >= 11 is 0. The van der Waals surface area contributed by atoms with Crippen molar-refractivity contribution in [3.63, 3.8) is 0 Å². The van der Waals surface area contributed by atoms with Gasteiger partial charge in [-0.2, -0.15) is 0 Å². The van der Waals surface area contributed by atoms with Gasteiger partial charge in [-0.1, -0.05) is 25.5 Å². The van der Waals surface area contributed by atoms with Gasteiger partial charge >= 0.3 is 6.16 Å². The number of nitrogens with zero attached hydrogens (tertiary/aromatic N) is 3. The van der Waals surface area contributed by atoms with Crippen LogP contribution in [0.2, 0.25) is 0 Å². The van der Waals surface area contributed by atoms with Gasteiger partial charge in [-0.15, -0.1) is 0 Å². The van der Waals surface area contributed by atoms with Crippen molar-refractivity contribution >= 4 is 34.7 Å². The summed E-state index contributed by atoms with van der Waals surface area (Å²) < 4.78 is 21.1. The van der Waals surface area contributed by atoms with E-state index in [4.69, 9.17) is 31.2 Å². The molecule has 0 atom stereocenters. The number of pyridine rings is 2. The molecule has 12 nitrogen and oxygen atoms in total. The van der Waals surface area contributed by atoms with Gasteiger partial charge in [-0.3, -0.25) is 4.79 Å². The highest BCUT2D eigenvalue weighted by atomic mass is 19.1. The molecule has 0 radical (unpaired) electrons. The second-order valence-electron chi connectivity index (χ2n) is 10.8. The Bertz CT molecular complexity index is 1850. The Morgan fingerprint density at radius 2 is 1.91 bits per heavy atom. The molecule has 0 saturated heterocycles. The summed E-state index contributed by atoms with van der Waals surface area (Å²) in [6.45, 7) is 3.86. The second kappa shape index (κ2) is 14.7. The first kappa shape index (κ1) is 33.6. The number of carbonyl (C=O) groups excluding carboxylic acids is 1. The quantitative estimate of drug-likeness (QED) is 0.0651. The highest BCUT2D eigenvalue weighted by Crippen LogP contribution is 2.37. The van der Waals surface area contributed by atoms with Crippen molar-refractivity contribution in [2.75, 3.05) is 18.9 Å². The Labute approximate surface area is 265 Å². The number of fused-ring (bicyclic) bond motifs is 4. The molecule has 242 valence electrons. The summed E-state index contributed by atoms with van der Waals surface area (Å²) in [5.41, 5.74) is 17.5. The molecule has 2 aromatic heterocycles. The second-order valence-corrected chi connectivity index (χ2v) is 10.8. The van der Waals surface area contributed by atoms with Gasteiger partial charge in [0.15, 0.2) is 0 Å². The zero-order valence-electron chi connectivity index (χ0n) is 26.0. The lowest BCUT2D eigenvalue weighted by atomic mass is 9.98. The molecule has 3 heterocycles. The van der Waals surface area contributed by atoms with Crippen LogP contribution in [-0.4, -0.2) is 45.7 Å². The van der Waals surface area contributed by atoms with Gasteiger partial charge in [-0.25, -0.2) is 20.0 Å². The molecule has 2 aromatic carbocycles. The molecule has 5 rings (SSSR count). The summed E-state index contributed by atoms with van der Waals surface area (Å²) in [5, 5.41) is 14.3. The summed E-state index contributed by atoms with van der Waals surface area (Å²) in [7, 11) is 1.84. The van der Waals surface area contributed by atoms with Crippen molar-refractivity contribution in [1.82, 2.24) is 14.6 Å².